The molecule has 1 aromatic rings. The highest BCUT2D eigenvalue weighted by atomic mass is 16.4. The Labute approximate surface area is 222 Å². The lowest BCUT2D eigenvalue weighted by Crippen LogP contribution is -2.03. The van der Waals surface area contributed by atoms with Gasteiger partial charge < -0.3 is 40.9 Å². The number of hydrogen-bond acceptors (Lipinski definition) is 8. The smallest absolute Gasteiger partial charge is 0.335 e. The van der Waals surface area contributed by atoms with Crippen LogP contribution in [0.2, 0.25) is 0 Å². The lowest BCUT2D eigenvalue weighted by Gasteiger charge is -1.88. The summed E-state index contributed by atoms with van der Waals surface area (Å²) in [4.78, 5) is 76.3. The molecule has 0 saturated heterocycles. The fourth-order valence-corrected chi connectivity index (χ4v) is 1.14. The minimum atomic E-state index is -1.31. The SMILES string of the molecule is CC(=O)O.CCC(=O)O.CCCC(=O)O.O=C(O)CC(=O)O.O=C(O)CCC(=O)O.O=C(O)c1ccccc1. The van der Waals surface area contributed by atoms with Gasteiger partial charge in [-0.25, -0.2) is 4.79 Å². The molecule has 1 rings (SSSR count). The molecule has 0 amide bonds. The van der Waals surface area contributed by atoms with E-state index in [0.29, 0.717) is 12.0 Å². The summed E-state index contributed by atoms with van der Waals surface area (Å²) in [5.41, 5.74) is 0.331. The molecule has 16 heteroatoms. The van der Waals surface area contributed by atoms with Gasteiger partial charge in [0.05, 0.1) is 18.4 Å². The summed E-state index contributed by atoms with van der Waals surface area (Å²) < 4.78 is 0. The molecule has 39 heavy (non-hydrogen) atoms. The fourth-order valence-electron chi connectivity index (χ4n) is 1.14. The van der Waals surface area contributed by atoms with E-state index in [-0.39, 0.29) is 19.3 Å². The summed E-state index contributed by atoms with van der Waals surface area (Å²) in [6, 6.07) is 8.30. The molecule has 0 radical (unpaired) electrons. The Morgan fingerprint density at radius 2 is 0.846 bits per heavy atom. The van der Waals surface area contributed by atoms with Crippen LogP contribution < -0.4 is 0 Å². The van der Waals surface area contributed by atoms with Crippen LogP contribution in [0.5, 0.6) is 0 Å². The van der Waals surface area contributed by atoms with Gasteiger partial charge in [-0.2, -0.15) is 0 Å². The fraction of sp³-hybridized carbons (Fsp3) is 0.391. The third-order valence-corrected chi connectivity index (χ3v) is 2.64. The van der Waals surface area contributed by atoms with E-state index in [1.807, 2.05) is 6.92 Å². The second-order valence-electron chi connectivity index (χ2n) is 6.33. The van der Waals surface area contributed by atoms with E-state index in [1.165, 1.54) is 0 Å². The molecule has 0 aliphatic rings. The molecule has 222 valence electrons. The predicted octanol–water partition coefficient (Wildman–Crippen LogP) is 2.31. The Balaban J connectivity index is -0.000000121. The lowest BCUT2D eigenvalue weighted by molar-refractivity contribution is -0.147. The Morgan fingerprint density at radius 1 is 0.538 bits per heavy atom. The van der Waals surface area contributed by atoms with Crippen LogP contribution in [0, 0.1) is 0 Å². The number of aliphatic carboxylic acids is 7. The molecule has 0 spiro atoms. The summed E-state index contributed by atoms with van der Waals surface area (Å²) in [6.45, 7) is 4.52. The number of carboxylic acids is 8. The van der Waals surface area contributed by atoms with Crippen molar-refractivity contribution in [1.29, 1.82) is 0 Å². The van der Waals surface area contributed by atoms with Crippen molar-refractivity contribution in [3.63, 3.8) is 0 Å². The van der Waals surface area contributed by atoms with Gasteiger partial charge in [-0.1, -0.05) is 32.0 Å². The topological polar surface area (TPSA) is 298 Å². The first-order valence-corrected chi connectivity index (χ1v) is 10.6. The van der Waals surface area contributed by atoms with E-state index in [4.69, 9.17) is 45.6 Å². The third kappa shape index (κ3) is 71.9. The van der Waals surface area contributed by atoms with E-state index in [1.54, 1.807) is 37.3 Å². The zero-order valence-corrected chi connectivity index (χ0v) is 21.5. The summed E-state index contributed by atoms with van der Waals surface area (Å²) in [7, 11) is 0. The number of aromatic carboxylic acids is 1. The molecule has 0 heterocycles. The Bertz CT molecular complexity index is 847. The zero-order chi connectivity index (χ0) is 32.0. The molecule has 16 nitrogen and oxygen atoms in total. The highest BCUT2D eigenvalue weighted by Crippen LogP contribution is 1.96. The van der Waals surface area contributed by atoms with Crippen LogP contribution in [0.25, 0.3) is 0 Å². The molecule has 0 aliphatic heterocycles. The van der Waals surface area contributed by atoms with Crippen molar-refractivity contribution < 1.29 is 79.2 Å². The van der Waals surface area contributed by atoms with Crippen LogP contribution in [0.4, 0.5) is 0 Å². The van der Waals surface area contributed by atoms with Crippen molar-refractivity contribution in [3.05, 3.63) is 35.9 Å². The number of carbonyl (C=O) groups is 8. The van der Waals surface area contributed by atoms with E-state index in [0.717, 1.165) is 13.3 Å². The van der Waals surface area contributed by atoms with Gasteiger partial charge in [-0.3, -0.25) is 33.6 Å². The Hall–Kier alpha value is -5.02. The lowest BCUT2D eigenvalue weighted by atomic mass is 10.2. The summed E-state index contributed by atoms with van der Waals surface area (Å²) >= 11 is 0. The van der Waals surface area contributed by atoms with Gasteiger partial charge in [-0.15, -0.1) is 0 Å². The molecule has 0 aliphatic carbocycles. The minimum Gasteiger partial charge on any atom is -0.481 e. The average Bonchev–Trinajstić information content (AvgIpc) is 2.78. The van der Waals surface area contributed by atoms with Crippen LogP contribution in [-0.2, 0) is 33.6 Å². The normalized spacial score (nSPS) is 8.08. The average molecular weight is 567 g/mol. The number of hydrogen-bond donors (Lipinski definition) is 8. The highest BCUT2D eigenvalue weighted by molar-refractivity contribution is 5.89. The van der Waals surface area contributed by atoms with Crippen molar-refractivity contribution in [2.75, 3.05) is 0 Å². The Kier molecular flexibility index (Phi) is 35.0. The second kappa shape index (κ2) is 31.0. The first-order valence-electron chi connectivity index (χ1n) is 10.6. The van der Waals surface area contributed by atoms with Gasteiger partial charge in [0.1, 0.15) is 6.42 Å². The zero-order valence-electron chi connectivity index (χ0n) is 21.5. The van der Waals surface area contributed by atoms with Gasteiger partial charge in [0, 0.05) is 19.8 Å². The van der Waals surface area contributed by atoms with Crippen LogP contribution in [0.15, 0.2) is 30.3 Å². The molecule has 8 N–H and O–H groups in total. The van der Waals surface area contributed by atoms with Gasteiger partial charge in [-0.05, 0) is 18.6 Å². The van der Waals surface area contributed by atoms with E-state index in [2.05, 4.69) is 0 Å². The van der Waals surface area contributed by atoms with E-state index < -0.39 is 54.2 Å². The van der Waals surface area contributed by atoms with Crippen molar-refractivity contribution in [2.45, 2.75) is 59.3 Å². The molecule has 0 bridgehead atoms. The van der Waals surface area contributed by atoms with Crippen LogP contribution in [-0.4, -0.2) is 88.6 Å². The van der Waals surface area contributed by atoms with Crippen molar-refractivity contribution in [1.82, 2.24) is 0 Å². The van der Waals surface area contributed by atoms with E-state index in [9.17, 15) is 33.6 Å². The van der Waals surface area contributed by atoms with Gasteiger partial charge >= 0.3 is 41.8 Å². The maximum absolute atomic E-state index is 10.2. The quantitative estimate of drug-likeness (QED) is 0.199. The first kappa shape index (κ1) is 44.0. The summed E-state index contributed by atoms with van der Waals surface area (Å²) in [5.74, 6) is -7.95. The Morgan fingerprint density at radius 3 is 0.949 bits per heavy atom. The summed E-state index contributed by atoms with van der Waals surface area (Å²) in [6.07, 6.45) is -0.153. The number of rotatable bonds is 9. The molecule has 0 atom stereocenters. The molecule has 0 aromatic heterocycles. The predicted molar refractivity (Wildman–Crippen MR) is 132 cm³/mol. The van der Waals surface area contributed by atoms with Crippen LogP contribution >= 0.6 is 0 Å². The molecular formula is C23H34O16. The minimum absolute atomic E-state index is 0.222. The van der Waals surface area contributed by atoms with E-state index >= 15 is 0 Å². The maximum atomic E-state index is 10.2. The largest absolute Gasteiger partial charge is 0.481 e. The van der Waals surface area contributed by atoms with Gasteiger partial charge in [0.2, 0.25) is 0 Å². The summed E-state index contributed by atoms with van der Waals surface area (Å²) in [5, 5.41) is 62.6. The van der Waals surface area contributed by atoms with Gasteiger partial charge in [0.15, 0.2) is 0 Å². The van der Waals surface area contributed by atoms with Gasteiger partial charge in [0.25, 0.3) is 5.97 Å². The molecule has 0 saturated carbocycles. The first-order chi connectivity index (χ1) is 17.8. The van der Waals surface area contributed by atoms with Crippen LogP contribution in [0.1, 0.15) is 69.7 Å². The van der Waals surface area contributed by atoms with Crippen molar-refractivity contribution in [3.8, 4) is 0 Å². The van der Waals surface area contributed by atoms with Crippen molar-refractivity contribution in [2.24, 2.45) is 0 Å². The second-order valence-corrected chi connectivity index (χ2v) is 6.33. The maximum Gasteiger partial charge on any atom is 0.335 e. The standard InChI is InChI=1S/C7H6O2.C4H6O4.C4H8O2.C3H4O4.C3H6O2.C2H4O2/c8-7(9)6-4-2-1-3-5-6;5-3(6)1-2-4(7)8;1-2-3-4(5)6;4-2(5)1-3(6)7;1-2-3(4)5;1-2(3)4/h1-5H,(H,8,9);1-2H2,(H,5,6)(H,7,8);2-3H2,1H3,(H,5,6);1H2,(H,4,5)(H,6,7);2H2,1H3,(H,4,5);1H3,(H,3,4). The monoisotopic (exact) mass is 566 g/mol. The van der Waals surface area contributed by atoms with Crippen molar-refractivity contribution >= 4 is 47.8 Å². The number of carboxylic acid groups (broad SMARTS) is 8. The third-order valence-electron chi connectivity index (χ3n) is 2.64. The highest BCUT2D eigenvalue weighted by Gasteiger charge is 2.02. The molecular weight excluding hydrogens is 532 g/mol. The molecule has 0 unspecified atom stereocenters. The molecule has 0 fully saturated rings. The van der Waals surface area contributed by atoms with Crippen LogP contribution in [0.3, 0.4) is 0 Å². The number of benzene rings is 1. The molecule has 1 aromatic carbocycles.